The third kappa shape index (κ3) is 19.7. The normalized spacial score (nSPS) is 11.0. The smallest absolute Gasteiger partial charge is 0.305 e. The zero-order valence-corrected chi connectivity index (χ0v) is 19.0. The van der Waals surface area contributed by atoms with Crippen LogP contribution in [0.25, 0.3) is 0 Å². The first-order valence-corrected chi connectivity index (χ1v) is 9.49. The average Bonchev–Trinajstić information content (AvgIpc) is 2.60. The minimum atomic E-state index is -0.0895. The van der Waals surface area contributed by atoms with Gasteiger partial charge in [0, 0.05) is 39.8 Å². The molecule has 7 nitrogen and oxygen atoms in total. The maximum Gasteiger partial charge on any atom is 0.305 e. The Morgan fingerprint density at radius 3 is 2.42 bits per heavy atom. The van der Waals surface area contributed by atoms with E-state index in [1.807, 2.05) is 6.92 Å². The molecule has 0 aromatic rings. The average molecular weight is 487 g/mol. The van der Waals surface area contributed by atoms with Crippen LogP contribution in [0, 0.1) is 0 Å². The Morgan fingerprint density at radius 2 is 1.73 bits per heavy atom. The molecule has 0 rings (SSSR count). The Morgan fingerprint density at radius 1 is 0.962 bits per heavy atom. The van der Waals surface area contributed by atoms with Crippen molar-refractivity contribution in [2.24, 2.45) is 4.99 Å². The lowest BCUT2D eigenvalue weighted by molar-refractivity contribution is -0.143. The van der Waals surface area contributed by atoms with E-state index in [1.165, 1.54) is 0 Å². The minimum Gasteiger partial charge on any atom is -0.466 e. The molecule has 0 aliphatic carbocycles. The van der Waals surface area contributed by atoms with Crippen LogP contribution in [0.1, 0.15) is 52.4 Å². The topological polar surface area (TPSA) is 81.2 Å². The van der Waals surface area contributed by atoms with Crippen LogP contribution in [-0.2, 0) is 19.0 Å². The quantitative estimate of drug-likeness (QED) is 0.115. The summed E-state index contributed by atoms with van der Waals surface area (Å²) in [5.41, 5.74) is 0. The van der Waals surface area contributed by atoms with Crippen LogP contribution in [0.5, 0.6) is 0 Å². The van der Waals surface area contributed by atoms with Gasteiger partial charge in [0.1, 0.15) is 0 Å². The Kier molecular flexibility index (Phi) is 23.8. The van der Waals surface area contributed by atoms with E-state index in [9.17, 15) is 4.79 Å². The molecule has 0 unspecified atom stereocenters. The van der Waals surface area contributed by atoms with Crippen LogP contribution < -0.4 is 10.6 Å². The molecule has 0 aromatic heterocycles. The van der Waals surface area contributed by atoms with Gasteiger partial charge in [0.15, 0.2) is 5.96 Å². The third-order valence-electron chi connectivity index (χ3n) is 3.40. The van der Waals surface area contributed by atoms with Crippen LogP contribution in [0.4, 0.5) is 0 Å². The van der Waals surface area contributed by atoms with Crippen molar-refractivity contribution in [3.8, 4) is 0 Å². The molecule has 0 aromatic carbocycles. The van der Waals surface area contributed by atoms with E-state index < -0.39 is 0 Å². The summed E-state index contributed by atoms with van der Waals surface area (Å²) in [5.74, 6) is 0.763. The Labute approximate surface area is 176 Å². The number of hydrogen-bond acceptors (Lipinski definition) is 5. The second-order valence-corrected chi connectivity index (χ2v) is 5.62. The lowest BCUT2D eigenvalue weighted by Gasteiger charge is -2.11. The summed E-state index contributed by atoms with van der Waals surface area (Å²) < 4.78 is 15.3. The van der Waals surface area contributed by atoms with E-state index in [2.05, 4.69) is 22.5 Å². The number of nitrogens with one attached hydrogen (secondary N) is 2. The lowest BCUT2D eigenvalue weighted by atomic mass is 10.1. The van der Waals surface area contributed by atoms with Crippen LogP contribution in [-0.4, -0.2) is 65.1 Å². The number of carbonyl (C=O) groups is 1. The van der Waals surface area contributed by atoms with E-state index in [1.54, 1.807) is 7.11 Å². The summed E-state index contributed by atoms with van der Waals surface area (Å²) in [6.07, 6.45) is 5.53. The molecule has 0 radical (unpaired) electrons. The number of esters is 1. The highest BCUT2D eigenvalue weighted by Gasteiger charge is 2.01. The van der Waals surface area contributed by atoms with Crippen molar-refractivity contribution in [2.45, 2.75) is 52.4 Å². The van der Waals surface area contributed by atoms with Gasteiger partial charge in [-0.25, -0.2) is 0 Å². The summed E-state index contributed by atoms with van der Waals surface area (Å²) in [4.78, 5) is 15.7. The number of guanidine groups is 1. The number of methoxy groups -OCH3 is 1. The molecule has 26 heavy (non-hydrogen) atoms. The van der Waals surface area contributed by atoms with Gasteiger partial charge < -0.3 is 24.8 Å². The van der Waals surface area contributed by atoms with E-state index >= 15 is 0 Å². The standard InChI is InChI=1S/C18H37N3O4.HI/c1-4-19-18(21-13-10-14-24-16-15-23-3)20-12-9-7-6-8-11-17(22)25-5-2;/h4-16H2,1-3H3,(H2,19,20,21);1H. The van der Waals surface area contributed by atoms with E-state index in [-0.39, 0.29) is 29.9 Å². The van der Waals surface area contributed by atoms with Crippen LogP contribution >= 0.6 is 24.0 Å². The Hall–Kier alpha value is -0.610. The number of halogens is 1. The van der Waals surface area contributed by atoms with Gasteiger partial charge in [-0.15, -0.1) is 24.0 Å². The van der Waals surface area contributed by atoms with Crippen molar-refractivity contribution in [2.75, 3.05) is 53.2 Å². The number of hydrogen-bond donors (Lipinski definition) is 2. The van der Waals surface area contributed by atoms with Crippen LogP contribution in [0.15, 0.2) is 4.99 Å². The monoisotopic (exact) mass is 487 g/mol. The van der Waals surface area contributed by atoms with Crippen molar-refractivity contribution in [3.05, 3.63) is 0 Å². The maximum atomic E-state index is 11.2. The zero-order chi connectivity index (χ0) is 18.6. The second kappa shape index (κ2) is 22.4. The molecule has 8 heteroatoms. The van der Waals surface area contributed by atoms with Crippen molar-refractivity contribution in [1.82, 2.24) is 10.6 Å². The molecule has 0 heterocycles. The van der Waals surface area contributed by atoms with Gasteiger partial charge in [-0.3, -0.25) is 9.79 Å². The molecule has 0 amide bonds. The van der Waals surface area contributed by atoms with Crippen molar-refractivity contribution < 1.29 is 19.0 Å². The fourth-order valence-corrected chi connectivity index (χ4v) is 2.13. The molecule has 2 N–H and O–H groups in total. The molecule has 0 saturated carbocycles. The molecule has 0 aliphatic heterocycles. The minimum absolute atomic E-state index is 0. The lowest BCUT2D eigenvalue weighted by Crippen LogP contribution is -2.37. The van der Waals surface area contributed by atoms with Gasteiger partial charge in [-0.05, 0) is 33.1 Å². The highest BCUT2D eigenvalue weighted by Crippen LogP contribution is 2.03. The molecule has 0 atom stereocenters. The van der Waals surface area contributed by atoms with Crippen molar-refractivity contribution >= 4 is 35.9 Å². The predicted octanol–water partition coefficient (Wildman–Crippen LogP) is 2.73. The van der Waals surface area contributed by atoms with Crippen LogP contribution in [0.2, 0.25) is 0 Å². The summed E-state index contributed by atoms with van der Waals surface area (Å²) in [5, 5.41) is 6.58. The highest BCUT2D eigenvalue weighted by atomic mass is 127. The molecule has 0 aliphatic rings. The predicted molar refractivity (Wildman–Crippen MR) is 116 cm³/mol. The Balaban J connectivity index is 0. The SMILES string of the molecule is CCNC(=NCCCOCCOC)NCCCCCCC(=O)OCC.I. The van der Waals surface area contributed by atoms with Gasteiger partial charge in [0.25, 0.3) is 0 Å². The molecule has 0 saturated heterocycles. The number of rotatable bonds is 16. The van der Waals surface area contributed by atoms with Crippen molar-refractivity contribution in [3.63, 3.8) is 0 Å². The van der Waals surface area contributed by atoms with E-state index in [4.69, 9.17) is 14.2 Å². The number of nitrogens with zero attached hydrogens (tertiary/aromatic N) is 1. The van der Waals surface area contributed by atoms with Gasteiger partial charge in [-0.2, -0.15) is 0 Å². The second-order valence-electron chi connectivity index (χ2n) is 5.62. The van der Waals surface area contributed by atoms with Gasteiger partial charge in [-0.1, -0.05) is 12.8 Å². The third-order valence-corrected chi connectivity index (χ3v) is 3.40. The molecule has 156 valence electrons. The van der Waals surface area contributed by atoms with E-state index in [0.29, 0.717) is 32.8 Å². The first-order valence-electron chi connectivity index (χ1n) is 9.49. The fraction of sp³-hybridized carbons (Fsp3) is 0.889. The molecule has 0 bridgehead atoms. The van der Waals surface area contributed by atoms with Gasteiger partial charge in [0.2, 0.25) is 0 Å². The summed E-state index contributed by atoms with van der Waals surface area (Å²) in [7, 11) is 1.67. The number of carbonyl (C=O) groups excluding carboxylic acids is 1. The molecular weight excluding hydrogens is 449 g/mol. The van der Waals surface area contributed by atoms with Gasteiger partial charge >= 0.3 is 5.97 Å². The fourth-order valence-electron chi connectivity index (χ4n) is 2.13. The highest BCUT2D eigenvalue weighted by molar-refractivity contribution is 14.0. The van der Waals surface area contributed by atoms with Gasteiger partial charge in [0.05, 0.1) is 19.8 Å². The zero-order valence-electron chi connectivity index (χ0n) is 16.7. The maximum absolute atomic E-state index is 11.2. The number of ether oxygens (including phenoxy) is 3. The largest absolute Gasteiger partial charge is 0.466 e. The summed E-state index contributed by atoms with van der Waals surface area (Å²) in [6.45, 7) is 8.79. The number of unbranched alkanes of at least 4 members (excludes halogenated alkanes) is 3. The van der Waals surface area contributed by atoms with Crippen molar-refractivity contribution in [1.29, 1.82) is 0 Å². The summed E-state index contributed by atoms with van der Waals surface area (Å²) in [6, 6.07) is 0. The van der Waals surface area contributed by atoms with Crippen LogP contribution in [0.3, 0.4) is 0 Å². The Bertz CT molecular complexity index is 344. The summed E-state index contributed by atoms with van der Waals surface area (Å²) >= 11 is 0. The molecule has 0 spiro atoms. The first-order chi connectivity index (χ1) is 12.2. The molecule has 0 fully saturated rings. The van der Waals surface area contributed by atoms with E-state index in [0.717, 1.165) is 57.7 Å². The first kappa shape index (κ1) is 27.6. The number of aliphatic imine (C=N–C) groups is 1. The molecular formula is C18H38IN3O4.